The number of nitrogens with two attached hydrogens (primary N) is 1. The highest BCUT2D eigenvalue weighted by molar-refractivity contribution is 8.01. The number of benzene rings is 1. The van der Waals surface area contributed by atoms with Gasteiger partial charge in [0.15, 0.2) is 0 Å². The van der Waals surface area contributed by atoms with Crippen LogP contribution in [0.25, 0.3) is 0 Å². The van der Waals surface area contributed by atoms with Crippen LogP contribution in [0.4, 0.5) is 0 Å². The number of nitrogens with one attached hydrogen (secondary N) is 1. The van der Waals surface area contributed by atoms with E-state index >= 15 is 0 Å². The van der Waals surface area contributed by atoms with Gasteiger partial charge in [0, 0.05) is 18.6 Å². The molecule has 0 aliphatic carbocycles. The fourth-order valence-electron chi connectivity index (χ4n) is 3.51. The Morgan fingerprint density at radius 1 is 1.36 bits per heavy atom. The molecule has 174 valence electrons. The minimum atomic E-state index is -1.20. The summed E-state index contributed by atoms with van der Waals surface area (Å²) in [7, 11) is 1.68. The van der Waals surface area contributed by atoms with Gasteiger partial charge in [-0.1, -0.05) is 36.0 Å². The summed E-state index contributed by atoms with van der Waals surface area (Å²) in [6.07, 6.45) is 0. The zero-order chi connectivity index (χ0) is 23.7. The van der Waals surface area contributed by atoms with Crippen LogP contribution >= 0.6 is 23.5 Å². The van der Waals surface area contributed by atoms with Crippen molar-refractivity contribution in [3.8, 4) is 0 Å². The van der Waals surface area contributed by atoms with E-state index < -0.39 is 35.2 Å². The molecule has 4 rings (SSSR count). The lowest BCUT2D eigenvalue weighted by molar-refractivity contribution is -0.150. The van der Waals surface area contributed by atoms with Gasteiger partial charge in [-0.25, -0.2) is 9.48 Å². The van der Waals surface area contributed by atoms with E-state index in [4.69, 9.17) is 10.8 Å². The van der Waals surface area contributed by atoms with Crippen molar-refractivity contribution in [3.05, 3.63) is 46.7 Å². The van der Waals surface area contributed by atoms with Crippen molar-refractivity contribution in [2.75, 3.05) is 11.5 Å². The van der Waals surface area contributed by atoms with Crippen LogP contribution < -0.4 is 11.1 Å². The SMILES string of the molecule is Cn1nnnc1SCC1=C(C(=O)O)N2C(=O)[C@@H](NC(=O)C(N)c3ccc(CO)cc3)[C@H]2SC1. The fraction of sp³-hybridized carbons (Fsp3) is 0.368. The summed E-state index contributed by atoms with van der Waals surface area (Å²) in [6.45, 7) is -0.123. The predicted molar refractivity (Wildman–Crippen MR) is 118 cm³/mol. The Hall–Kier alpha value is -2.94. The third-order valence-electron chi connectivity index (χ3n) is 5.31. The van der Waals surface area contributed by atoms with Crippen molar-refractivity contribution in [1.29, 1.82) is 0 Å². The Balaban J connectivity index is 1.44. The number of tetrazole rings is 1. The first-order valence-corrected chi connectivity index (χ1v) is 11.9. The summed E-state index contributed by atoms with van der Waals surface area (Å²) in [5.74, 6) is -1.54. The molecule has 1 aromatic heterocycles. The summed E-state index contributed by atoms with van der Waals surface area (Å²) in [5, 5.41) is 32.7. The molecule has 5 N–H and O–H groups in total. The number of nitrogens with zero attached hydrogens (tertiary/aromatic N) is 5. The van der Waals surface area contributed by atoms with Crippen LogP contribution in [0, 0.1) is 0 Å². The van der Waals surface area contributed by atoms with E-state index in [1.54, 1.807) is 31.3 Å². The Morgan fingerprint density at radius 2 is 2.09 bits per heavy atom. The molecule has 1 saturated heterocycles. The zero-order valence-corrected chi connectivity index (χ0v) is 19.0. The number of aliphatic carboxylic acids is 1. The number of hydrogen-bond donors (Lipinski definition) is 4. The highest BCUT2D eigenvalue weighted by Gasteiger charge is 2.54. The molecule has 2 aliphatic heterocycles. The molecule has 0 bridgehead atoms. The number of rotatable bonds is 8. The first kappa shape index (κ1) is 23.2. The van der Waals surface area contributed by atoms with Gasteiger partial charge in [-0.05, 0) is 27.1 Å². The molecule has 2 amide bonds. The topological polar surface area (TPSA) is 177 Å². The van der Waals surface area contributed by atoms with Crippen molar-refractivity contribution in [3.63, 3.8) is 0 Å². The van der Waals surface area contributed by atoms with Gasteiger partial charge in [-0.2, -0.15) is 0 Å². The Bertz CT molecular complexity index is 1120. The highest BCUT2D eigenvalue weighted by Crippen LogP contribution is 2.41. The maximum absolute atomic E-state index is 12.8. The standard InChI is InChI=1S/C19H21N7O5S2/c1-25-19(22-23-24-25)33-8-11-7-32-17-13(16(29)26(17)14(11)18(30)31)21-15(28)12(20)10-4-2-9(6-27)3-5-10/h2-5,12-13,17,27H,6-8,20H2,1H3,(H,21,28)(H,30,31)/t12?,13-,17-/m1/s1. The van der Waals surface area contributed by atoms with Crippen LogP contribution in [0.3, 0.4) is 0 Å². The number of fused-ring (bicyclic) bond motifs is 1. The average Bonchev–Trinajstić information content (AvgIpc) is 3.24. The van der Waals surface area contributed by atoms with Crippen molar-refractivity contribution in [2.24, 2.45) is 12.8 Å². The summed E-state index contributed by atoms with van der Waals surface area (Å²) >= 11 is 2.66. The second-order valence-corrected chi connectivity index (χ2v) is 9.45. The quantitative estimate of drug-likeness (QED) is 0.269. The van der Waals surface area contributed by atoms with Gasteiger partial charge in [0.2, 0.25) is 11.1 Å². The van der Waals surface area contributed by atoms with Gasteiger partial charge in [0.1, 0.15) is 23.2 Å². The number of aromatic nitrogens is 4. The number of β-lactam (4-membered cyclic amide) rings is 1. The number of aliphatic hydroxyl groups is 1. The minimum Gasteiger partial charge on any atom is -0.477 e. The van der Waals surface area contributed by atoms with Gasteiger partial charge < -0.3 is 21.3 Å². The van der Waals surface area contributed by atoms with E-state index in [2.05, 4.69) is 20.8 Å². The molecule has 2 aromatic rings. The third-order valence-corrected chi connectivity index (χ3v) is 7.74. The normalized spacial score (nSPS) is 20.8. The van der Waals surface area contributed by atoms with Gasteiger partial charge >= 0.3 is 5.97 Å². The fourth-order valence-corrected chi connectivity index (χ4v) is 5.85. The van der Waals surface area contributed by atoms with Crippen LogP contribution in [-0.4, -0.2) is 76.0 Å². The number of amides is 2. The lowest BCUT2D eigenvalue weighted by Crippen LogP contribution is -2.71. The molecule has 0 radical (unpaired) electrons. The van der Waals surface area contributed by atoms with E-state index in [-0.39, 0.29) is 12.3 Å². The van der Waals surface area contributed by atoms with Crippen molar-refractivity contribution >= 4 is 41.3 Å². The summed E-state index contributed by atoms with van der Waals surface area (Å²) in [6, 6.07) is 4.74. The lowest BCUT2D eigenvalue weighted by Gasteiger charge is -2.49. The van der Waals surface area contributed by atoms with E-state index in [1.807, 2.05) is 0 Å². The highest BCUT2D eigenvalue weighted by atomic mass is 32.2. The molecule has 2 aliphatic rings. The number of carboxylic acid groups (broad SMARTS) is 1. The summed E-state index contributed by atoms with van der Waals surface area (Å²) in [5.41, 5.74) is 7.77. The van der Waals surface area contributed by atoms with Gasteiger partial charge in [0.25, 0.3) is 5.91 Å². The van der Waals surface area contributed by atoms with Crippen molar-refractivity contribution in [1.82, 2.24) is 30.4 Å². The monoisotopic (exact) mass is 491 g/mol. The van der Waals surface area contributed by atoms with Crippen LogP contribution in [0.5, 0.6) is 0 Å². The smallest absolute Gasteiger partial charge is 0.352 e. The molecule has 3 atom stereocenters. The van der Waals surface area contributed by atoms with Crippen LogP contribution in [-0.2, 0) is 28.0 Å². The number of thioether (sulfide) groups is 2. The molecule has 1 unspecified atom stereocenters. The molecule has 12 nitrogen and oxygen atoms in total. The van der Waals surface area contributed by atoms with E-state index in [0.29, 0.717) is 33.4 Å². The van der Waals surface area contributed by atoms with Gasteiger partial charge in [0.05, 0.1) is 6.61 Å². The third kappa shape index (κ3) is 4.46. The molecule has 0 spiro atoms. The Morgan fingerprint density at radius 3 is 2.70 bits per heavy atom. The van der Waals surface area contributed by atoms with Crippen molar-refractivity contribution in [2.45, 2.75) is 29.2 Å². The summed E-state index contributed by atoms with van der Waals surface area (Å²) in [4.78, 5) is 38.6. The summed E-state index contributed by atoms with van der Waals surface area (Å²) < 4.78 is 1.48. The largest absolute Gasteiger partial charge is 0.477 e. The number of aryl methyl sites for hydroxylation is 1. The molecule has 1 aromatic carbocycles. The van der Waals surface area contributed by atoms with Crippen LogP contribution in [0.2, 0.25) is 0 Å². The van der Waals surface area contributed by atoms with E-state index in [1.165, 1.54) is 33.1 Å². The number of aliphatic hydroxyl groups excluding tert-OH is 1. The number of carbonyl (C=O) groups excluding carboxylic acids is 2. The predicted octanol–water partition coefficient (Wildman–Crippen LogP) is -0.767. The van der Waals surface area contributed by atoms with Crippen molar-refractivity contribution < 1.29 is 24.6 Å². The number of carbonyl (C=O) groups is 3. The average molecular weight is 492 g/mol. The number of hydrogen-bond acceptors (Lipinski definition) is 10. The molecular formula is C19H21N7O5S2. The maximum Gasteiger partial charge on any atom is 0.352 e. The lowest BCUT2D eigenvalue weighted by atomic mass is 10.0. The molecular weight excluding hydrogens is 470 g/mol. The van der Waals surface area contributed by atoms with Crippen LogP contribution in [0.1, 0.15) is 17.2 Å². The van der Waals surface area contributed by atoms with Gasteiger partial charge in [-0.3, -0.25) is 14.5 Å². The molecule has 14 heteroatoms. The second kappa shape index (κ2) is 9.51. The first-order chi connectivity index (χ1) is 15.8. The number of carboxylic acids is 1. The maximum atomic E-state index is 12.8. The van der Waals surface area contributed by atoms with E-state index in [9.17, 15) is 19.5 Å². The Kier molecular flexibility index (Phi) is 6.69. The molecule has 0 saturated carbocycles. The minimum absolute atomic E-state index is 0.0687. The second-order valence-electron chi connectivity index (χ2n) is 7.40. The molecule has 1 fully saturated rings. The first-order valence-electron chi connectivity index (χ1n) is 9.82. The van der Waals surface area contributed by atoms with Crippen LogP contribution in [0.15, 0.2) is 40.7 Å². The molecule has 3 heterocycles. The zero-order valence-electron chi connectivity index (χ0n) is 17.4. The molecule has 33 heavy (non-hydrogen) atoms. The van der Waals surface area contributed by atoms with E-state index in [0.717, 1.165) is 0 Å². The Labute approximate surface area is 196 Å². The van der Waals surface area contributed by atoms with Gasteiger partial charge in [-0.15, -0.1) is 16.9 Å².